The molecular weight excluding hydrogens is 350 g/mol. The van der Waals surface area contributed by atoms with Crippen molar-refractivity contribution in [2.24, 2.45) is 0 Å². The van der Waals surface area contributed by atoms with Crippen LogP contribution in [0.1, 0.15) is 27.2 Å². The average molecular weight is 373 g/mol. The Kier molecular flexibility index (Phi) is 5.24. The van der Waals surface area contributed by atoms with E-state index in [0.717, 1.165) is 36.5 Å². The molecule has 0 spiro atoms. The molecule has 0 atom stereocenters. The number of ether oxygens (including phenoxy) is 1. The molecule has 1 aliphatic heterocycles. The number of benzene rings is 2. The lowest BCUT2D eigenvalue weighted by Gasteiger charge is -2.30. The lowest BCUT2D eigenvalue weighted by Crippen LogP contribution is -2.30. The molecule has 142 valence electrons. The van der Waals surface area contributed by atoms with Crippen LogP contribution in [-0.2, 0) is 19.5 Å². The Balaban J connectivity index is 1.40. The van der Waals surface area contributed by atoms with Crippen LogP contribution < -0.4 is 15.0 Å². The lowest BCUT2D eigenvalue weighted by molar-refractivity contribution is 0.0945. The van der Waals surface area contributed by atoms with E-state index in [1.54, 1.807) is 19.4 Å². The zero-order chi connectivity index (χ0) is 19.3. The molecule has 0 bridgehead atoms. The topological polar surface area (TPSA) is 54.5 Å². The molecule has 1 aromatic heterocycles. The summed E-state index contributed by atoms with van der Waals surface area (Å²) < 4.78 is 5.32. The van der Waals surface area contributed by atoms with Gasteiger partial charge in [0.2, 0.25) is 0 Å². The van der Waals surface area contributed by atoms with E-state index in [4.69, 9.17) is 4.74 Å². The van der Waals surface area contributed by atoms with Crippen molar-refractivity contribution < 1.29 is 9.53 Å². The fourth-order valence-electron chi connectivity index (χ4n) is 3.54. The molecule has 4 rings (SSSR count). The summed E-state index contributed by atoms with van der Waals surface area (Å²) in [6.07, 6.45) is 2.81. The number of carbonyl (C=O) groups is 1. The van der Waals surface area contributed by atoms with Crippen molar-refractivity contribution in [3.8, 4) is 5.75 Å². The highest BCUT2D eigenvalue weighted by Gasteiger charge is 2.17. The number of hydrogen-bond acceptors (Lipinski definition) is 4. The molecule has 0 unspecified atom stereocenters. The Hall–Kier alpha value is -3.34. The predicted octanol–water partition coefficient (Wildman–Crippen LogP) is 3.58. The number of fused-ring (bicyclic) bond motifs is 1. The number of carbonyl (C=O) groups excluding carboxylic acids is 1. The van der Waals surface area contributed by atoms with Crippen LogP contribution >= 0.6 is 0 Å². The molecule has 0 fully saturated rings. The third-order valence-corrected chi connectivity index (χ3v) is 5.11. The summed E-state index contributed by atoms with van der Waals surface area (Å²) in [5, 5.41) is 2.91. The molecule has 1 N–H and O–H groups in total. The van der Waals surface area contributed by atoms with Gasteiger partial charge < -0.3 is 15.0 Å². The number of methoxy groups -OCH3 is 1. The SMILES string of the molecule is COc1ccccc1CNC(=O)c1ccc(N2CCc3ccccc3C2)cn1. The maximum absolute atomic E-state index is 12.4. The molecule has 1 aliphatic rings. The molecule has 28 heavy (non-hydrogen) atoms. The van der Waals surface area contributed by atoms with E-state index in [9.17, 15) is 4.79 Å². The monoisotopic (exact) mass is 373 g/mol. The Morgan fingerprint density at radius 1 is 1.07 bits per heavy atom. The van der Waals surface area contributed by atoms with Crippen molar-refractivity contribution in [2.75, 3.05) is 18.6 Å². The summed E-state index contributed by atoms with van der Waals surface area (Å²) in [4.78, 5) is 19.1. The van der Waals surface area contributed by atoms with E-state index in [1.807, 2.05) is 30.3 Å². The Labute approximate surface area is 165 Å². The van der Waals surface area contributed by atoms with Crippen LogP contribution in [0, 0.1) is 0 Å². The predicted molar refractivity (Wildman–Crippen MR) is 110 cm³/mol. The van der Waals surface area contributed by atoms with E-state index in [2.05, 4.69) is 39.5 Å². The van der Waals surface area contributed by atoms with Crippen molar-refractivity contribution >= 4 is 11.6 Å². The molecule has 2 heterocycles. The maximum atomic E-state index is 12.4. The standard InChI is InChI=1S/C23H23N3O2/c1-28-22-9-5-4-7-18(22)14-25-23(27)21-11-10-20(15-24-21)26-13-12-17-6-2-3-8-19(17)16-26/h2-11,15H,12-14,16H2,1H3,(H,25,27). The van der Waals surface area contributed by atoms with Gasteiger partial charge in [-0.1, -0.05) is 42.5 Å². The number of anilines is 1. The third-order valence-electron chi connectivity index (χ3n) is 5.11. The minimum absolute atomic E-state index is 0.193. The molecule has 1 amide bonds. The smallest absolute Gasteiger partial charge is 0.270 e. The van der Waals surface area contributed by atoms with Crippen LogP contribution in [0.3, 0.4) is 0 Å². The number of aromatic nitrogens is 1. The summed E-state index contributed by atoms with van der Waals surface area (Å²) >= 11 is 0. The van der Waals surface area contributed by atoms with Gasteiger partial charge in [-0.25, -0.2) is 4.98 Å². The summed E-state index contributed by atoms with van der Waals surface area (Å²) in [6.45, 7) is 2.23. The number of nitrogens with one attached hydrogen (secondary N) is 1. The maximum Gasteiger partial charge on any atom is 0.270 e. The number of amides is 1. The van der Waals surface area contributed by atoms with Gasteiger partial charge in [-0.3, -0.25) is 4.79 Å². The molecule has 0 aliphatic carbocycles. The lowest BCUT2D eigenvalue weighted by atomic mass is 10.00. The van der Waals surface area contributed by atoms with Crippen molar-refractivity contribution in [2.45, 2.75) is 19.5 Å². The van der Waals surface area contributed by atoms with Gasteiger partial charge in [0, 0.05) is 25.2 Å². The summed E-state index contributed by atoms with van der Waals surface area (Å²) in [6, 6.07) is 19.9. The number of para-hydroxylation sites is 1. The molecule has 0 radical (unpaired) electrons. The van der Waals surface area contributed by atoms with E-state index < -0.39 is 0 Å². The van der Waals surface area contributed by atoms with E-state index in [1.165, 1.54) is 11.1 Å². The fraction of sp³-hybridized carbons (Fsp3) is 0.217. The third kappa shape index (κ3) is 3.83. The molecular formula is C23H23N3O2. The van der Waals surface area contributed by atoms with Crippen molar-refractivity contribution in [1.82, 2.24) is 10.3 Å². The molecule has 2 aromatic carbocycles. The second-order valence-corrected chi connectivity index (χ2v) is 6.84. The summed E-state index contributed by atoms with van der Waals surface area (Å²) in [7, 11) is 1.62. The highest BCUT2D eigenvalue weighted by Crippen LogP contribution is 2.24. The average Bonchev–Trinajstić information content (AvgIpc) is 2.77. The normalized spacial score (nSPS) is 13.0. The second kappa shape index (κ2) is 8.13. The first-order valence-electron chi connectivity index (χ1n) is 9.42. The van der Waals surface area contributed by atoms with Gasteiger partial charge in [-0.15, -0.1) is 0 Å². The van der Waals surface area contributed by atoms with E-state index in [0.29, 0.717) is 12.2 Å². The van der Waals surface area contributed by atoms with Crippen LogP contribution in [0.25, 0.3) is 0 Å². The van der Waals surface area contributed by atoms with Crippen molar-refractivity contribution in [3.63, 3.8) is 0 Å². The molecule has 5 nitrogen and oxygen atoms in total. The number of pyridine rings is 1. The fourth-order valence-corrected chi connectivity index (χ4v) is 3.54. The molecule has 0 saturated carbocycles. The van der Waals surface area contributed by atoms with Crippen molar-refractivity contribution in [1.29, 1.82) is 0 Å². The summed E-state index contributed by atoms with van der Waals surface area (Å²) in [5.74, 6) is 0.568. The largest absolute Gasteiger partial charge is 0.496 e. The quantitative estimate of drug-likeness (QED) is 0.743. The van der Waals surface area contributed by atoms with Crippen LogP contribution in [-0.4, -0.2) is 24.5 Å². The van der Waals surface area contributed by atoms with E-state index >= 15 is 0 Å². The zero-order valence-corrected chi connectivity index (χ0v) is 15.9. The molecule has 3 aromatic rings. The number of rotatable bonds is 5. The van der Waals surface area contributed by atoms with Crippen LogP contribution in [0.15, 0.2) is 66.9 Å². The number of hydrogen-bond donors (Lipinski definition) is 1. The highest BCUT2D eigenvalue weighted by molar-refractivity contribution is 5.92. The Morgan fingerprint density at radius 3 is 2.64 bits per heavy atom. The minimum atomic E-state index is -0.193. The first-order chi connectivity index (χ1) is 13.7. The van der Waals surface area contributed by atoms with Gasteiger partial charge in [0.25, 0.3) is 5.91 Å². The van der Waals surface area contributed by atoms with Crippen LogP contribution in [0.4, 0.5) is 5.69 Å². The van der Waals surface area contributed by atoms with Gasteiger partial charge >= 0.3 is 0 Å². The van der Waals surface area contributed by atoms with Gasteiger partial charge in [-0.2, -0.15) is 0 Å². The van der Waals surface area contributed by atoms with Gasteiger partial charge in [0.1, 0.15) is 11.4 Å². The molecule has 5 heteroatoms. The van der Waals surface area contributed by atoms with Crippen molar-refractivity contribution in [3.05, 3.63) is 89.2 Å². The first-order valence-corrected chi connectivity index (χ1v) is 9.42. The first kappa shape index (κ1) is 18.0. The summed E-state index contributed by atoms with van der Waals surface area (Å²) in [5.41, 5.74) is 5.15. The van der Waals surface area contributed by atoms with Crippen LogP contribution in [0.5, 0.6) is 5.75 Å². The highest BCUT2D eigenvalue weighted by atomic mass is 16.5. The second-order valence-electron chi connectivity index (χ2n) is 6.84. The van der Waals surface area contributed by atoms with Crippen LogP contribution in [0.2, 0.25) is 0 Å². The van der Waals surface area contributed by atoms with Gasteiger partial charge in [-0.05, 0) is 35.7 Å². The van der Waals surface area contributed by atoms with Gasteiger partial charge in [0.15, 0.2) is 0 Å². The number of nitrogens with zero attached hydrogens (tertiary/aromatic N) is 2. The molecule has 0 saturated heterocycles. The Morgan fingerprint density at radius 2 is 1.86 bits per heavy atom. The minimum Gasteiger partial charge on any atom is -0.496 e. The van der Waals surface area contributed by atoms with Gasteiger partial charge in [0.05, 0.1) is 19.0 Å². The Bertz CT molecular complexity index is 970. The zero-order valence-electron chi connectivity index (χ0n) is 15.9. The van der Waals surface area contributed by atoms with E-state index in [-0.39, 0.29) is 5.91 Å².